The Balaban J connectivity index is 0.847. The SMILES string of the molecule is C(=C\c1ccc(-n2c3ccccc3c3ccccc32)cc1)/c1ccc(-c2ccc(-c3c4ccccc4c(-c4ccc(-c5ccccc5)c5ccccc45)c4ccccc34)cc2)cc1. The molecule has 0 saturated carbocycles. The Morgan fingerprint density at radius 2 is 0.619 bits per heavy atom. The molecule has 12 rings (SSSR count). The predicted molar refractivity (Wildman–Crippen MR) is 270 cm³/mol. The van der Waals surface area contributed by atoms with Gasteiger partial charge in [-0.2, -0.15) is 0 Å². The molecule has 294 valence electrons. The van der Waals surface area contributed by atoms with E-state index < -0.39 is 0 Å². The molecule has 1 nitrogen and oxygen atoms in total. The third kappa shape index (κ3) is 6.33. The van der Waals surface area contributed by atoms with E-state index in [0.717, 1.165) is 5.69 Å². The average molecular weight is 800 g/mol. The van der Waals surface area contributed by atoms with Crippen molar-refractivity contribution in [2.45, 2.75) is 0 Å². The van der Waals surface area contributed by atoms with Crippen molar-refractivity contribution < 1.29 is 0 Å². The van der Waals surface area contributed by atoms with Crippen molar-refractivity contribution in [2.24, 2.45) is 0 Å². The van der Waals surface area contributed by atoms with Crippen LogP contribution in [0.25, 0.3) is 116 Å². The van der Waals surface area contributed by atoms with Crippen LogP contribution >= 0.6 is 0 Å². The first kappa shape index (κ1) is 36.6. The molecule has 63 heavy (non-hydrogen) atoms. The second-order valence-corrected chi connectivity index (χ2v) is 16.4. The largest absolute Gasteiger partial charge is 0.309 e. The molecule has 0 saturated heterocycles. The first-order valence-corrected chi connectivity index (χ1v) is 21.8. The summed E-state index contributed by atoms with van der Waals surface area (Å²) in [5, 5.41) is 10.1. The summed E-state index contributed by atoms with van der Waals surface area (Å²) in [5.74, 6) is 0. The zero-order valence-electron chi connectivity index (χ0n) is 34.6. The fourth-order valence-electron chi connectivity index (χ4n) is 9.86. The van der Waals surface area contributed by atoms with E-state index in [4.69, 9.17) is 0 Å². The van der Waals surface area contributed by atoms with Crippen LogP contribution in [0, 0.1) is 0 Å². The van der Waals surface area contributed by atoms with Crippen molar-refractivity contribution in [1.29, 1.82) is 0 Å². The molecule has 0 aliphatic rings. The highest BCUT2D eigenvalue weighted by Crippen LogP contribution is 2.46. The van der Waals surface area contributed by atoms with E-state index in [-0.39, 0.29) is 0 Å². The molecule has 12 aromatic rings. The summed E-state index contributed by atoms with van der Waals surface area (Å²) in [4.78, 5) is 0. The molecule has 0 radical (unpaired) electrons. The van der Waals surface area contributed by atoms with Crippen molar-refractivity contribution in [3.8, 4) is 50.2 Å². The minimum Gasteiger partial charge on any atom is -0.309 e. The zero-order chi connectivity index (χ0) is 41.7. The van der Waals surface area contributed by atoms with Crippen molar-refractivity contribution in [3.63, 3.8) is 0 Å². The van der Waals surface area contributed by atoms with Crippen molar-refractivity contribution in [1.82, 2.24) is 4.57 Å². The highest BCUT2D eigenvalue weighted by Gasteiger charge is 2.19. The fourth-order valence-corrected chi connectivity index (χ4v) is 9.86. The number of fused-ring (bicyclic) bond motifs is 6. The lowest BCUT2D eigenvalue weighted by Crippen LogP contribution is -1.93. The molecule has 1 heteroatoms. The van der Waals surface area contributed by atoms with Crippen LogP contribution in [0.2, 0.25) is 0 Å². The summed E-state index contributed by atoms with van der Waals surface area (Å²) in [6, 6.07) is 86.3. The van der Waals surface area contributed by atoms with Gasteiger partial charge in [0.2, 0.25) is 0 Å². The molecule has 0 unspecified atom stereocenters. The van der Waals surface area contributed by atoms with E-state index in [9.17, 15) is 0 Å². The van der Waals surface area contributed by atoms with Crippen LogP contribution < -0.4 is 0 Å². The van der Waals surface area contributed by atoms with E-state index >= 15 is 0 Å². The predicted octanol–water partition coefficient (Wildman–Crippen LogP) is 17.1. The maximum atomic E-state index is 2.36. The standard InChI is InChI=1S/C62H41N/c1-2-14-46(15-3-1)49-40-41-58(51-17-5-4-16-50(49)51)62-56-22-8-6-20-54(56)61(55-21-7-9-23-57(55)62)47-36-34-45(35-37-47)44-32-28-42(29-33-44)26-27-43-30-38-48(39-31-43)63-59-24-12-10-18-52(59)53-19-11-13-25-60(53)63/h1-41H/b27-26+. The Morgan fingerprint density at radius 1 is 0.238 bits per heavy atom. The lowest BCUT2D eigenvalue weighted by atomic mass is 9.83. The number of aromatic nitrogens is 1. The topological polar surface area (TPSA) is 4.93 Å². The molecule has 0 bridgehead atoms. The molecule has 0 spiro atoms. The van der Waals surface area contributed by atoms with Gasteiger partial charge in [0, 0.05) is 16.5 Å². The number of rotatable bonds is 7. The highest BCUT2D eigenvalue weighted by molar-refractivity contribution is 6.24. The molecule has 0 N–H and O–H groups in total. The van der Waals surface area contributed by atoms with Gasteiger partial charge in [0.1, 0.15) is 0 Å². The van der Waals surface area contributed by atoms with Gasteiger partial charge in [-0.1, -0.05) is 224 Å². The second-order valence-electron chi connectivity index (χ2n) is 16.4. The first-order chi connectivity index (χ1) is 31.3. The van der Waals surface area contributed by atoms with Crippen LogP contribution in [0.3, 0.4) is 0 Å². The maximum absolute atomic E-state index is 2.36. The normalized spacial score (nSPS) is 11.7. The summed E-state index contributed by atoms with van der Waals surface area (Å²) in [6.45, 7) is 0. The summed E-state index contributed by atoms with van der Waals surface area (Å²) in [6.07, 6.45) is 4.39. The second kappa shape index (κ2) is 15.3. The molecule has 1 aromatic heterocycles. The first-order valence-electron chi connectivity index (χ1n) is 21.8. The van der Waals surface area contributed by atoms with E-state index in [2.05, 4.69) is 253 Å². The third-order valence-electron chi connectivity index (χ3n) is 12.8. The van der Waals surface area contributed by atoms with Gasteiger partial charge in [-0.3, -0.25) is 0 Å². The van der Waals surface area contributed by atoms with Crippen molar-refractivity contribution in [3.05, 3.63) is 248 Å². The van der Waals surface area contributed by atoms with Crippen LogP contribution in [0.1, 0.15) is 11.1 Å². The van der Waals surface area contributed by atoms with Gasteiger partial charge in [0.05, 0.1) is 11.0 Å². The smallest absolute Gasteiger partial charge is 0.0541 e. The molecule has 0 aliphatic heterocycles. The Morgan fingerprint density at radius 3 is 1.16 bits per heavy atom. The van der Waals surface area contributed by atoms with Crippen LogP contribution in [0.15, 0.2) is 237 Å². The van der Waals surface area contributed by atoms with E-state index in [1.807, 2.05) is 0 Å². The maximum Gasteiger partial charge on any atom is 0.0541 e. The minimum atomic E-state index is 1.16. The Bertz CT molecular complexity index is 3570. The van der Waals surface area contributed by atoms with Crippen LogP contribution in [0.5, 0.6) is 0 Å². The van der Waals surface area contributed by atoms with Gasteiger partial charge >= 0.3 is 0 Å². The summed E-state index contributed by atoms with van der Waals surface area (Å²) >= 11 is 0. The molecule has 0 fully saturated rings. The summed E-state index contributed by atoms with van der Waals surface area (Å²) < 4.78 is 2.36. The summed E-state index contributed by atoms with van der Waals surface area (Å²) in [5.41, 5.74) is 15.9. The van der Waals surface area contributed by atoms with Crippen LogP contribution in [0.4, 0.5) is 0 Å². The average Bonchev–Trinajstić information content (AvgIpc) is 3.70. The molecule has 11 aromatic carbocycles. The van der Waals surface area contributed by atoms with E-state index in [1.165, 1.54) is 110 Å². The quantitative estimate of drug-likeness (QED) is 0.112. The van der Waals surface area contributed by atoms with Gasteiger partial charge in [0.15, 0.2) is 0 Å². The number of nitrogens with zero attached hydrogens (tertiary/aromatic N) is 1. The Hall–Kier alpha value is -8.26. The van der Waals surface area contributed by atoms with Gasteiger partial charge in [0.25, 0.3) is 0 Å². The van der Waals surface area contributed by atoms with Gasteiger partial charge in [-0.05, 0) is 112 Å². The number of benzene rings is 11. The molecule has 1 heterocycles. The molecule has 0 amide bonds. The zero-order valence-corrected chi connectivity index (χ0v) is 34.6. The Labute approximate surface area is 367 Å². The molecular formula is C62H41N. The van der Waals surface area contributed by atoms with Crippen LogP contribution in [-0.4, -0.2) is 4.57 Å². The molecular weight excluding hydrogens is 759 g/mol. The molecule has 0 aliphatic carbocycles. The summed E-state index contributed by atoms with van der Waals surface area (Å²) in [7, 11) is 0. The number of hydrogen-bond acceptors (Lipinski definition) is 0. The van der Waals surface area contributed by atoms with Crippen LogP contribution in [-0.2, 0) is 0 Å². The fraction of sp³-hybridized carbons (Fsp3) is 0. The van der Waals surface area contributed by atoms with Gasteiger partial charge in [-0.15, -0.1) is 0 Å². The van der Waals surface area contributed by atoms with Crippen molar-refractivity contribution >= 4 is 66.3 Å². The monoisotopic (exact) mass is 799 g/mol. The number of hydrogen-bond donors (Lipinski definition) is 0. The van der Waals surface area contributed by atoms with Gasteiger partial charge < -0.3 is 4.57 Å². The Kier molecular flexibility index (Phi) is 8.90. The van der Waals surface area contributed by atoms with Gasteiger partial charge in [-0.25, -0.2) is 0 Å². The highest BCUT2D eigenvalue weighted by atomic mass is 15.0. The lowest BCUT2D eigenvalue weighted by molar-refractivity contribution is 1.18. The van der Waals surface area contributed by atoms with E-state index in [0.29, 0.717) is 0 Å². The number of para-hydroxylation sites is 2. The van der Waals surface area contributed by atoms with E-state index in [1.54, 1.807) is 0 Å². The van der Waals surface area contributed by atoms with Crippen molar-refractivity contribution in [2.75, 3.05) is 0 Å². The lowest BCUT2D eigenvalue weighted by Gasteiger charge is -2.20. The molecule has 0 atom stereocenters. The third-order valence-corrected chi connectivity index (χ3v) is 12.8. The minimum absolute atomic E-state index is 1.16.